The third-order valence-electron chi connectivity index (χ3n) is 4.50. The molecule has 2 heterocycles. The van der Waals surface area contributed by atoms with Crippen LogP contribution in [0, 0.1) is 6.92 Å². The Morgan fingerprint density at radius 3 is 2.57 bits per heavy atom. The van der Waals surface area contributed by atoms with Crippen molar-refractivity contribution in [2.24, 2.45) is 0 Å². The van der Waals surface area contributed by atoms with E-state index < -0.39 is 6.36 Å². The maximum atomic E-state index is 12.3. The van der Waals surface area contributed by atoms with Crippen LogP contribution in [0.3, 0.4) is 0 Å². The summed E-state index contributed by atoms with van der Waals surface area (Å²) in [6, 6.07) is 9.11. The molecule has 0 aliphatic rings. The van der Waals surface area contributed by atoms with Gasteiger partial charge in [0.1, 0.15) is 5.75 Å². The molecule has 0 spiro atoms. The zero-order valence-corrected chi connectivity index (χ0v) is 16.3. The van der Waals surface area contributed by atoms with Gasteiger partial charge in [-0.25, -0.2) is 0 Å². The van der Waals surface area contributed by atoms with Crippen molar-refractivity contribution in [3.63, 3.8) is 0 Å². The molecule has 2 aromatic heterocycles. The molecule has 4 rings (SSSR count). The van der Waals surface area contributed by atoms with E-state index in [-0.39, 0.29) is 24.1 Å². The van der Waals surface area contributed by atoms with Crippen LogP contribution in [-0.2, 0) is 12.4 Å². The summed E-state index contributed by atoms with van der Waals surface area (Å²) in [5, 5.41) is 15.9. The number of ether oxygens (including phenoxy) is 1. The second-order valence-electron chi connectivity index (χ2n) is 6.68. The molecule has 0 bridgehead atoms. The number of hydrogen-bond acceptors (Lipinski definition) is 5. The van der Waals surface area contributed by atoms with E-state index in [0.29, 0.717) is 28.2 Å². The monoisotopic (exact) mass is 437 g/mol. The summed E-state index contributed by atoms with van der Waals surface area (Å²) in [5.74, 6) is 0.585. The molecular formula is C20H15ClF3N3O3. The van der Waals surface area contributed by atoms with Gasteiger partial charge < -0.3 is 18.9 Å². The van der Waals surface area contributed by atoms with Crippen molar-refractivity contribution in [1.29, 1.82) is 0 Å². The fraction of sp³-hybridized carbons (Fsp3) is 0.200. The van der Waals surface area contributed by atoms with Crippen LogP contribution in [0.4, 0.5) is 13.2 Å². The average Bonchev–Trinajstić information content (AvgIpc) is 3.27. The molecule has 0 radical (unpaired) electrons. The molecular weight excluding hydrogens is 423 g/mol. The van der Waals surface area contributed by atoms with Crippen LogP contribution in [0.25, 0.3) is 22.2 Å². The Labute approximate surface area is 173 Å². The van der Waals surface area contributed by atoms with E-state index in [9.17, 15) is 18.3 Å². The Bertz CT molecular complexity index is 1200. The SMILES string of the molecule is Cc1cc(-c2nc(CCl)no2)cc2cn(Cc3ccc(OC(F)(F)F)cc3)c(O)c12. The lowest BCUT2D eigenvalue weighted by Crippen LogP contribution is -2.17. The third-order valence-corrected chi connectivity index (χ3v) is 4.74. The van der Waals surface area contributed by atoms with Crippen LogP contribution in [0.2, 0.25) is 0 Å². The molecule has 1 N–H and O–H groups in total. The van der Waals surface area contributed by atoms with Gasteiger partial charge in [-0.1, -0.05) is 17.3 Å². The summed E-state index contributed by atoms with van der Waals surface area (Å²) < 4.78 is 47.6. The molecule has 0 aliphatic heterocycles. The number of rotatable bonds is 5. The Balaban J connectivity index is 1.63. The fourth-order valence-corrected chi connectivity index (χ4v) is 3.37. The van der Waals surface area contributed by atoms with Crippen molar-refractivity contribution < 1.29 is 27.5 Å². The van der Waals surface area contributed by atoms with E-state index in [0.717, 1.165) is 10.9 Å². The van der Waals surface area contributed by atoms with Crippen LogP contribution in [0.1, 0.15) is 17.0 Å². The molecule has 4 aromatic rings. The van der Waals surface area contributed by atoms with Gasteiger partial charge in [-0.2, -0.15) is 4.98 Å². The molecule has 10 heteroatoms. The van der Waals surface area contributed by atoms with Crippen LogP contribution in [0.15, 0.2) is 47.1 Å². The van der Waals surface area contributed by atoms with Gasteiger partial charge in [0.2, 0.25) is 0 Å². The van der Waals surface area contributed by atoms with Crippen molar-refractivity contribution in [2.45, 2.75) is 25.7 Å². The number of benzene rings is 2. The molecule has 0 unspecified atom stereocenters. The summed E-state index contributed by atoms with van der Waals surface area (Å²) in [6.07, 6.45) is -2.99. The first-order valence-electron chi connectivity index (χ1n) is 8.79. The largest absolute Gasteiger partial charge is 0.573 e. The lowest BCUT2D eigenvalue weighted by molar-refractivity contribution is -0.274. The maximum Gasteiger partial charge on any atom is 0.573 e. The Morgan fingerprint density at radius 1 is 1.20 bits per heavy atom. The third kappa shape index (κ3) is 4.06. The molecule has 0 amide bonds. The number of halogens is 4. The predicted molar refractivity (Wildman–Crippen MR) is 103 cm³/mol. The van der Waals surface area contributed by atoms with Crippen molar-refractivity contribution in [3.05, 3.63) is 59.5 Å². The lowest BCUT2D eigenvalue weighted by atomic mass is 10.1. The zero-order valence-electron chi connectivity index (χ0n) is 15.6. The molecule has 30 heavy (non-hydrogen) atoms. The first kappa shape index (κ1) is 20.1. The molecule has 0 saturated carbocycles. The predicted octanol–water partition coefficient (Wildman–Crippen LogP) is 5.39. The van der Waals surface area contributed by atoms with Gasteiger partial charge >= 0.3 is 6.36 Å². The van der Waals surface area contributed by atoms with Crippen molar-refractivity contribution in [1.82, 2.24) is 14.7 Å². The second kappa shape index (κ2) is 7.56. The molecule has 0 aliphatic carbocycles. The van der Waals surface area contributed by atoms with Crippen molar-refractivity contribution >= 4 is 22.4 Å². The number of hydrogen-bond donors (Lipinski definition) is 1. The first-order chi connectivity index (χ1) is 14.2. The van der Waals surface area contributed by atoms with Gasteiger partial charge in [-0.3, -0.25) is 0 Å². The van der Waals surface area contributed by atoms with Crippen LogP contribution in [0.5, 0.6) is 11.6 Å². The Kier molecular flexibility index (Phi) is 5.07. The van der Waals surface area contributed by atoms with Crippen molar-refractivity contribution in [2.75, 3.05) is 0 Å². The minimum atomic E-state index is -4.74. The van der Waals surface area contributed by atoms with Gasteiger partial charge in [0.25, 0.3) is 5.89 Å². The Morgan fingerprint density at radius 2 is 1.93 bits per heavy atom. The summed E-state index contributed by atoms with van der Waals surface area (Å²) in [7, 11) is 0. The van der Waals surface area contributed by atoms with E-state index in [1.54, 1.807) is 10.8 Å². The fourth-order valence-electron chi connectivity index (χ4n) is 3.26. The Hall–Kier alpha value is -3.20. The van der Waals surface area contributed by atoms with E-state index in [4.69, 9.17) is 16.1 Å². The number of fused-ring (bicyclic) bond motifs is 1. The number of aromatic hydroxyl groups is 1. The number of nitrogens with zero attached hydrogens (tertiary/aromatic N) is 3. The maximum absolute atomic E-state index is 12.3. The topological polar surface area (TPSA) is 73.3 Å². The van der Waals surface area contributed by atoms with E-state index >= 15 is 0 Å². The van der Waals surface area contributed by atoms with Crippen LogP contribution < -0.4 is 4.74 Å². The van der Waals surface area contributed by atoms with E-state index in [2.05, 4.69) is 14.9 Å². The summed E-state index contributed by atoms with van der Waals surface area (Å²) in [6.45, 7) is 2.11. The van der Waals surface area contributed by atoms with Crippen molar-refractivity contribution in [3.8, 4) is 23.1 Å². The number of aromatic nitrogens is 3. The van der Waals surface area contributed by atoms with Crippen LogP contribution >= 0.6 is 11.6 Å². The van der Waals surface area contributed by atoms with Gasteiger partial charge in [-0.05, 0) is 42.3 Å². The van der Waals surface area contributed by atoms with Gasteiger partial charge in [0.05, 0.1) is 12.4 Å². The second-order valence-corrected chi connectivity index (χ2v) is 6.95. The number of aryl methyl sites for hydroxylation is 1. The molecule has 0 atom stereocenters. The van der Waals surface area contributed by atoms with Gasteiger partial charge in [0, 0.05) is 22.5 Å². The zero-order chi connectivity index (χ0) is 21.5. The number of alkyl halides is 4. The average molecular weight is 438 g/mol. The smallest absolute Gasteiger partial charge is 0.494 e. The summed E-state index contributed by atoms with van der Waals surface area (Å²) in [5.41, 5.74) is 2.19. The molecule has 156 valence electrons. The molecule has 2 aromatic carbocycles. The van der Waals surface area contributed by atoms with E-state index in [1.165, 1.54) is 24.3 Å². The first-order valence-corrected chi connectivity index (χ1v) is 9.33. The minimum Gasteiger partial charge on any atom is -0.494 e. The normalized spacial score (nSPS) is 11.9. The quantitative estimate of drug-likeness (QED) is 0.424. The highest BCUT2D eigenvalue weighted by Gasteiger charge is 2.31. The summed E-state index contributed by atoms with van der Waals surface area (Å²) >= 11 is 5.71. The standard InChI is InChI=1S/C20H15ClF3N3O3/c1-11-6-13(18-25-16(8-21)26-30-18)7-14-10-27(19(28)17(11)14)9-12-2-4-15(5-3-12)29-20(22,23)24/h2-7,10,28H,8-9H2,1H3. The minimum absolute atomic E-state index is 0.0524. The highest BCUT2D eigenvalue weighted by Crippen LogP contribution is 2.34. The highest BCUT2D eigenvalue weighted by atomic mass is 35.5. The van der Waals surface area contributed by atoms with Gasteiger partial charge in [0.15, 0.2) is 11.7 Å². The molecule has 0 fully saturated rings. The lowest BCUT2D eigenvalue weighted by Gasteiger charge is -2.10. The molecule has 6 nitrogen and oxygen atoms in total. The summed E-state index contributed by atoms with van der Waals surface area (Å²) in [4.78, 5) is 4.21. The van der Waals surface area contributed by atoms with E-state index in [1.807, 2.05) is 19.1 Å². The highest BCUT2D eigenvalue weighted by molar-refractivity contribution is 6.16. The van der Waals surface area contributed by atoms with Gasteiger partial charge in [-0.15, -0.1) is 24.8 Å². The molecule has 0 saturated heterocycles. The van der Waals surface area contributed by atoms with Crippen LogP contribution in [-0.4, -0.2) is 26.2 Å².